The lowest BCUT2D eigenvalue weighted by Crippen LogP contribution is -2.28. The maximum absolute atomic E-state index is 12.7. The molecule has 1 amide bonds. The van der Waals surface area contributed by atoms with Crippen molar-refractivity contribution < 1.29 is 4.79 Å². The zero-order valence-corrected chi connectivity index (χ0v) is 13.6. The van der Waals surface area contributed by atoms with E-state index in [0.29, 0.717) is 11.0 Å². The van der Waals surface area contributed by atoms with Gasteiger partial charge in [0.15, 0.2) is 5.82 Å². The molecule has 1 fully saturated rings. The minimum atomic E-state index is -0.410. The molecule has 120 valence electrons. The first-order valence-electron chi connectivity index (χ1n) is 7.72. The van der Waals surface area contributed by atoms with Crippen molar-refractivity contribution in [2.24, 2.45) is 0 Å². The number of rotatable bonds is 4. The molecule has 3 aromatic rings. The van der Waals surface area contributed by atoms with Gasteiger partial charge in [-0.3, -0.25) is 4.79 Å². The van der Waals surface area contributed by atoms with Gasteiger partial charge in [-0.1, -0.05) is 41.9 Å². The molecule has 1 aliphatic rings. The fraction of sp³-hybridized carbons (Fsp3) is 0.167. The minimum Gasteiger partial charge on any atom is -0.308 e. The van der Waals surface area contributed by atoms with Crippen LogP contribution >= 0.6 is 11.6 Å². The molecule has 2 heterocycles. The van der Waals surface area contributed by atoms with Crippen molar-refractivity contribution in [2.45, 2.75) is 18.3 Å². The van der Waals surface area contributed by atoms with Crippen LogP contribution in [-0.2, 0) is 10.2 Å². The summed E-state index contributed by atoms with van der Waals surface area (Å²) in [5.74, 6) is 0.519. The van der Waals surface area contributed by atoms with Crippen molar-refractivity contribution in [3.63, 3.8) is 0 Å². The van der Waals surface area contributed by atoms with Crippen LogP contribution in [-0.4, -0.2) is 20.7 Å². The summed E-state index contributed by atoms with van der Waals surface area (Å²) in [7, 11) is 0. The number of nitrogens with zero attached hydrogens (tertiary/aromatic N) is 3. The normalized spacial score (nSPS) is 15.0. The van der Waals surface area contributed by atoms with Gasteiger partial charge in [-0.15, -0.1) is 0 Å². The third-order valence-corrected chi connectivity index (χ3v) is 4.54. The van der Waals surface area contributed by atoms with Crippen molar-refractivity contribution in [1.29, 1.82) is 0 Å². The molecule has 0 unspecified atom stereocenters. The Labute approximate surface area is 144 Å². The number of benzene rings is 1. The number of anilines is 1. The van der Waals surface area contributed by atoms with Gasteiger partial charge >= 0.3 is 0 Å². The van der Waals surface area contributed by atoms with E-state index in [4.69, 9.17) is 11.6 Å². The van der Waals surface area contributed by atoms with Crippen LogP contribution in [0.5, 0.6) is 0 Å². The Kier molecular flexibility index (Phi) is 3.58. The summed E-state index contributed by atoms with van der Waals surface area (Å²) in [6, 6.07) is 15.2. The van der Waals surface area contributed by atoms with Gasteiger partial charge in [0.1, 0.15) is 5.15 Å². The Morgan fingerprint density at radius 1 is 1.12 bits per heavy atom. The van der Waals surface area contributed by atoms with E-state index in [1.807, 2.05) is 36.4 Å². The standard InChI is InChI=1S/C18H15ClN4O/c19-15-7-6-14(12-20-15)23-11-8-16(22-23)21-17(24)18(9-10-18)13-4-2-1-3-5-13/h1-8,11-12H,9-10H2,(H,21,22,24). The predicted octanol–water partition coefficient (Wildman–Crippen LogP) is 3.59. The van der Waals surface area contributed by atoms with E-state index in [9.17, 15) is 4.79 Å². The maximum atomic E-state index is 12.7. The largest absolute Gasteiger partial charge is 0.308 e. The van der Waals surface area contributed by atoms with Crippen molar-refractivity contribution in [3.8, 4) is 5.69 Å². The van der Waals surface area contributed by atoms with E-state index >= 15 is 0 Å². The predicted molar refractivity (Wildman–Crippen MR) is 92.4 cm³/mol. The Bertz CT molecular complexity index is 870. The van der Waals surface area contributed by atoms with E-state index in [1.165, 1.54) is 0 Å². The third kappa shape index (κ3) is 2.67. The number of nitrogens with one attached hydrogen (secondary N) is 1. The van der Waals surface area contributed by atoms with E-state index < -0.39 is 5.41 Å². The molecule has 24 heavy (non-hydrogen) atoms. The minimum absolute atomic E-state index is 0.00631. The molecule has 1 N–H and O–H groups in total. The number of hydrogen-bond donors (Lipinski definition) is 1. The molecule has 0 radical (unpaired) electrons. The number of carbonyl (C=O) groups excluding carboxylic acids is 1. The number of hydrogen-bond acceptors (Lipinski definition) is 3. The molecule has 1 saturated carbocycles. The van der Waals surface area contributed by atoms with E-state index in [2.05, 4.69) is 15.4 Å². The molecule has 0 aliphatic heterocycles. The fourth-order valence-electron chi connectivity index (χ4n) is 2.80. The Morgan fingerprint density at radius 2 is 1.92 bits per heavy atom. The second kappa shape index (κ2) is 5.76. The first kappa shape index (κ1) is 14.9. The maximum Gasteiger partial charge on any atom is 0.236 e. The monoisotopic (exact) mass is 338 g/mol. The van der Waals surface area contributed by atoms with Gasteiger partial charge in [-0.25, -0.2) is 9.67 Å². The third-order valence-electron chi connectivity index (χ3n) is 4.32. The zero-order chi connectivity index (χ0) is 16.6. The van der Waals surface area contributed by atoms with E-state index in [0.717, 1.165) is 24.1 Å². The smallest absolute Gasteiger partial charge is 0.236 e. The Morgan fingerprint density at radius 3 is 2.58 bits per heavy atom. The summed E-state index contributed by atoms with van der Waals surface area (Å²) in [6.45, 7) is 0. The van der Waals surface area contributed by atoms with E-state index in [-0.39, 0.29) is 5.91 Å². The van der Waals surface area contributed by atoms with Crippen molar-refractivity contribution in [3.05, 3.63) is 71.6 Å². The van der Waals surface area contributed by atoms with Gasteiger partial charge in [0, 0.05) is 12.3 Å². The average Bonchev–Trinajstić information content (AvgIpc) is 3.31. The molecular weight excluding hydrogens is 324 g/mol. The van der Waals surface area contributed by atoms with Crippen LogP contribution in [0.4, 0.5) is 5.82 Å². The fourth-order valence-corrected chi connectivity index (χ4v) is 2.91. The van der Waals surface area contributed by atoms with Gasteiger partial charge < -0.3 is 5.32 Å². The quantitative estimate of drug-likeness (QED) is 0.739. The number of carbonyl (C=O) groups is 1. The number of halogens is 1. The van der Waals surface area contributed by atoms with Gasteiger partial charge in [0.05, 0.1) is 17.3 Å². The summed E-state index contributed by atoms with van der Waals surface area (Å²) in [5, 5.41) is 7.74. The summed E-state index contributed by atoms with van der Waals surface area (Å²) in [5.41, 5.74) is 1.43. The number of pyridine rings is 1. The van der Waals surface area contributed by atoms with Crippen molar-refractivity contribution in [1.82, 2.24) is 14.8 Å². The molecule has 0 spiro atoms. The molecule has 0 saturated heterocycles. The van der Waals surface area contributed by atoms with Gasteiger partial charge in [-0.05, 0) is 30.5 Å². The zero-order valence-electron chi connectivity index (χ0n) is 12.8. The second-order valence-corrected chi connectivity index (χ2v) is 6.27. The SMILES string of the molecule is O=C(Nc1ccn(-c2ccc(Cl)nc2)n1)C1(c2ccccc2)CC1. The lowest BCUT2D eigenvalue weighted by Gasteiger charge is -2.14. The molecule has 1 aliphatic carbocycles. The van der Waals surface area contributed by atoms with Crippen LogP contribution in [0.2, 0.25) is 5.15 Å². The first-order chi connectivity index (χ1) is 11.7. The Balaban J connectivity index is 1.52. The highest BCUT2D eigenvalue weighted by molar-refractivity contribution is 6.29. The topological polar surface area (TPSA) is 59.8 Å². The van der Waals surface area contributed by atoms with Gasteiger partial charge in [0.2, 0.25) is 5.91 Å². The molecule has 6 heteroatoms. The average molecular weight is 339 g/mol. The first-order valence-corrected chi connectivity index (χ1v) is 8.10. The van der Waals surface area contributed by atoms with Crippen LogP contribution in [0, 0.1) is 0 Å². The van der Waals surface area contributed by atoms with Crippen molar-refractivity contribution in [2.75, 3.05) is 5.32 Å². The number of aromatic nitrogens is 3. The molecule has 5 nitrogen and oxygen atoms in total. The lowest BCUT2D eigenvalue weighted by atomic mass is 9.95. The van der Waals surface area contributed by atoms with Crippen molar-refractivity contribution >= 4 is 23.3 Å². The Hall–Kier alpha value is -2.66. The summed E-state index contributed by atoms with van der Waals surface area (Å²) >= 11 is 5.79. The number of amides is 1. The highest BCUT2D eigenvalue weighted by Crippen LogP contribution is 2.48. The second-order valence-electron chi connectivity index (χ2n) is 5.89. The van der Waals surface area contributed by atoms with Gasteiger partial charge in [0.25, 0.3) is 0 Å². The summed E-state index contributed by atoms with van der Waals surface area (Å²) in [4.78, 5) is 16.7. The highest BCUT2D eigenvalue weighted by Gasteiger charge is 2.51. The summed E-state index contributed by atoms with van der Waals surface area (Å²) in [6.07, 6.45) is 5.14. The molecular formula is C18H15ClN4O. The van der Waals surface area contributed by atoms with Crippen LogP contribution in [0.15, 0.2) is 60.9 Å². The molecule has 0 atom stereocenters. The van der Waals surface area contributed by atoms with Crippen LogP contribution in [0.25, 0.3) is 5.69 Å². The molecule has 4 rings (SSSR count). The summed E-state index contributed by atoms with van der Waals surface area (Å²) < 4.78 is 1.65. The van der Waals surface area contributed by atoms with Gasteiger partial charge in [-0.2, -0.15) is 5.10 Å². The highest BCUT2D eigenvalue weighted by atomic mass is 35.5. The molecule has 2 aromatic heterocycles. The van der Waals surface area contributed by atoms with E-state index in [1.54, 1.807) is 29.2 Å². The van der Waals surface area contributed by atoms with Crippen LogP contribution in [0.3, 0.4) is 0 Å². The molecule has 0 bridgehead atoms. The lowest BCUT2D eigenvalue weighted by molar-refractivity contribution is -0.118. The van der Waals surface area contributed by atoms with Crippen LogP contribution < -0.4 is 5.32 Å². The van der Waals surface area contributed by atoms with Crippen LogP contribution in [0.1, 0.15) is 18.4 Å². The molecule has 1 aromatic carbocycles.